The SMILES string of the molecule is COC(=O)C1CCN(C(=O)c2ccccn2)C1. The fourth-order valence-corrected chi connectivity index (χ4v) is 1.96. The molecule has 17 heavy (non-hydrogen) atoms. The maximum atomic E-state index is 12.0. The third-order valence-electron chi connectivity index (χ3n) is 2.89. The third kappa shape index (κ3) is 2.43. The zero-order valence-corrected chi connectivity index (χ0v) is 9.63. The molecule has 0 aliphatic carbocycles. The van der Waals surface area contributed by atoms with Gasteiger partial charge in [0.05, 0.1) is 13.0 Å². The summed E-state index contributed by atoms with van der Waals surface area (Å²) >= 11 is 0. The Balaban J connectivity index is 2.02. The summed E-state index contributed by atoms with van der Waals surface area (Å²) in [7, 11) is 1.37. The van der Waals surface area contributed by atoms with Crippen molar-refractivity contribution in [3.05, 3.63) is 30.1 Å². The van der Waals surface area contributed by atoms with Crippen LogP contribution in [0, 0.1) is 5.92 Å². The second kappa shape index (κ2) is 4.95. The van der Waals surface area contributed by atoms with Gasteiger partial charge in [0.2, 0.25) is 0 Å². The minimum Gasteiger partial charge on any atom is -0.469 e. The predicted molar refractivity (Wildman–Crippen MR) is 60.3 cm³/mol. The van der Waals surface area contributed by atoms with Crippen LogP contribution in [0.4, 0.5) is 0 Å². The summed E-state index contributed by atoms with van der Waals surface area (Å²) in [6.07, 6.45) is 2.24. The van der Waals surface area contributed by atoms with Gasteiger partial charge in [-0.3, -0.25) is 14.6 Å². The molecule has 0 N–H and O–H groups in total. The second-order valence-electron chi connectivity index (χ2n) is 3.97. The minimum absolute atomic E-state index is 0.128. The Morgan fingerprint density at radius 3 is 2.94 bits per heavy atom. The fraction of sp³-hybridized carbons (Fsp3) is 0.417. The van der Waals surface area contributed by atoms with Crippen molar-refractivity contribution >= 4 is 11.9 Å². The molecule has 90 valence electrons. The van der Waals surface area contributed by atoms with E-state index in [0.717, 1.165) is 0 Å². The van der Waals surface area contributed by atoms with Crippen LogP contribution < -0.4 is 0 Å². The van der Waals surface area contributed by atoms with Crippen molar-refractivity contribution in [2.45, 2.75) is 6.42 Å². The predicted octanol–water partition coefficient (Wildman–Crippen LogP) is 0.717. The topological polar surface area (TPSA) is 59.5 Å². The van der Waals surface area contributed by atoms with Gasteiger partial charge in [-0.25, -0.2) is 0 Å². The monoisotopic (exact) mass is 234 g/mol. The van der Waals surface area contributed by atoms with Gasteiger partial charge in [0.25, 0.3) is 5.91 Å². The van der Waals surface area contributed by atoms with E-state index in [-0.39, 0.29) is 17.8 Å². The molecule has 2 rings (SSSR count). The number of nitrogens with zero attached hydrogens (tertiary/aromatic N) is 2. The zero-order valence-electron chi connectivity index (χ0n) is 9.63. The number of carbonyl (C=O) groups excluding carboxylic acids is 2. The van der Waals surface area contributed by atoms with Gasteiger partial charge in [-0.1, -0.05) is 6.07 Å². The first-order chi connectivity index (χ1) is 8.22. The molecule has 1 atom stereocenters. The average molecular weight is 234 g/mol. The van der Waals surface area contributed by atoms with Crippen LogP contribution in [0.3, 0.4) is 0 Å². The number of esters is 1. The normalized spacial score (nSPS) is 19.1. The molecule has 1 aliphatic heterocycles. The Morgan fingerprint density at radius 2 is 2.29 bits per heavy atom. The second-order valence-corrected chi connectivity index (χ2v) is 3.97. The van der Waals surface area contributed by atoms with Crippen molar-refractivity contribution in [2.75, 3.05) is 20.2 Å². The van der Waals surface area contributed by atoms with E-state index >= 15 is 0 Å². The highest BCUT2D eigenvalue weighted by Gasteiger charge is 2.32. The summed E-state index contributed by atoms with van der Waals surface area (Å²) in [6.45, 7) is 0.997. The molecule has 5 heteroatoms. The highest BCUT2D eigenvalue weighted by molar-refractivity contribution is 5.92. The van der Waals surface area contributed by atoms with Crippen molar-refractivity contribution in [3.63, 3.8) is 0 Å². The Kier molecular flexibility index (Phi) is 3.37. The number of rotatable bonds is 2. The van der Waals surface area contributed by atoms with Crippen LogP contribution in [-0.4, -0.2) is 42.0 Å². The van der Waals surface area contributed by atoms with Gasteiger partial charge >= 0.3 is 5.97 Å². The third-order valence-corrected chi connectivity index (χ3v) is 2.89. The van der Waals surface area contributed by atoms with Gasteiger partial charge in [-0.05, 0) is 18.6 Å². The van der Waals surface area contributed by atoms with Gasteiger partial charge < -0.3 is 9.64 Å². The molecule has 1 fully saturated rings. The first-order valence-electron chi connectivity index (χ1n) is 5.50. The Morgan fingerprint density at radius 1 is 1.47 bits per heavy atom. The van der Waals surface area contributed by atoms with E-state index in [2.05, 4.69) is 9.72 Å². The number of aromatic nitrogens is 1. The maximum Gasteiger partial charge on any atom is 0.310 e. The molecular formula is C12H14N2O3. The average Bonchev–Trinajstić information content (AvgIpc) is 2.87. The van der Waals surface area contributed by atoms with Gasteiger partial charge in [-0.2, -0.15) is 0 Å². The highest BCUT2D eigenvalue weighted by atomic mass is 16.5. The molecular weight excluding hydrogens is 220 g/mol. The van der Waals surface area contributed by atoms with Gasteiger partial charge in [0, 0.05) is 19.3 Å². The number of amides is 1. The van der Waals surface area contributed by atoms with Gasteiger partial charge in [-0.15, -0.1) is 0 Å². The van der Waals surface area contributed by atoms with Crippen LogP contribution >= 0.6 is 0 Å². The van der Waals surface area contributed by atoms with Crippen LogP contribution in [0.15, 0.2) is 24.4 Å². The summed E-state index contributed by atoms with van der Waals surface area (Å²) in [5, 5.41) is 0. The fourth-order valence-electron chi connectivity index (χ4n) is 1.96. The lowest BCUT2D eigenvalue weighted by Crippen LogP contribution is -2.30. The quantitative estimate of drug-likeness (QED) is 0.707. The molecule has 0 aromatic carbocycles. The molecule has 1 aliphatic rings. The summed E-state index contributed by atoms with van der Waals surface area (Å²) < 4.78 is 4.68. The Bertz CT molecular complexity index is 419. The molecule has 1 unspecified atom stereocenters. The van der Waals surface area contributed by atoms with Gasteiger partial charge in [0.15, 0.2) is 0 Å². The number of methoxy groups -OCH3 is 1. The minimum atomic E-state index is -0.249. The van der Waals surface area contributed by atoms with E-state index < -0.39 is 0 Å². The highest BCUT2D eigenvalue weighted by Crippen LogP contribution is 2.19. The number of hydrogen-bond acceptors (Lipinski definition) is 4. The smallest absolute Gasteiger partial charge is 0.310 e. The first kappa shape index (κ1) is 11.6. The molecule has 0 bridgehead atoms. The molecule has 0 radical (unpaired) electrons. The lowest BCUT2D eigenvalue weighted by atomic mass is 10.1. The van der Waals surface area contributed by atoms with E-state index in [1.807, 2.05) is 0 Å². The summed E-state index contributed by atoms with van der Waals surface area (Å²) in [5.41, 5.74) is 0.415. The van der Waals surface area contributed by atoms with Crippen LogP contribution in [0.25, 0.3) is 0 Å². The van der Waals surface area contributed by atoms with E-state index in [1.54, 1.807) is 29.3 Å². The van der Waals surface area contributed by atoms with Crippen molar-refractivity contribution in [1.29, 1.82) is 0 Å². The Hall–Kier alpha value is -1.91. The first-order valence-corrected chi connectivity index (χ1v) is 5.50. The lowest BCUT2D eigenvalue weighted by molar-refractivity contribution is -0.144. The molecule has 5 nitrogen and oxygen atoms in total. The summed E-state index contributed by atoms with van der Waals surface area (Å²) in [5.74, 6) is -0.578. The molecule has 0 saturated carbocycles. The van der Waals surface area contributed by atoms with E-state index in [1.165, 1.54) is 7.11 Å². The van der Waals surface area contributed by atoms with Crippen LogP contribution in [0.5, 0.6) is 0 Å². The number of ether oxygens (including phenoxy) is 1. The van der Waals surface area contributed by atoms with Crippen molar-refractivity contribution in [3.8, 4) is 0 Å². The van der Waals surface area contributed by atoms with Crippen LogP contribution in [-0.2, 0) is 9.53 Å². The number of carbonyl (C=O) groups is 2. The molecule has 1 aromatic heterocycles. The molecule has 2 heterocycles. The van der Waals surface area contributed by atoms with Gasteiger partial charge in [0.1, 0.15) is 5.69 Å². The Labute approximate surface area is 99.4 Å². The van der Waals surface area contributed by atoms with E-state index in [0.29, 0.717) is 25.2 Å². The van der Waals surface area contributed by atoms with E-state index in [4.69, 9.17) is 0 Å². The maximum absolute atomic E-state index is 12.0. The number of likely N-dealkylation sites (tertiary alicyclic amines) is 1. The van der Waals surface area contributed by atoms with Crippen LogP contribution in [0.1, 0.15) is 16.9 Å². The van der Waals surface area contributed by atoms with Crippen molar-refractivity contribution in [1.82, 2.24) is 9.88 Å². The zero-order chi connectivity index (χ0) is 12.3. The molecule has 1 amide bonds. The van der Waals surface area contributed by atoms with Crippen molar-refractivity contribution < 1.29 is 14.3 Å². The molecule has 0 spiro atoms. The standard InChI is InChI=1S/C12H14N2O3/c1-17-12(16)9-5-7-14(8-9)11(15)10-4-2-3-6-13-10/h2-4,6,9H,5,7-8H2,1H3. The summed E-state index contributed by atoms with van der Waals surface area (Å²) in [4.78, 5) is 29.0. The number of hydrogen-bond donors (Lipinski definition) is 0. The molecule has 1 saturated heterocycles. The number of pyridine rings is 1. The van der Waals surface area contributed by atoms with E-state index in [9.17, 15) is 9.59 Å². The largest absolute Gasteiger partial charge is 0.469 e. The van der Waals surface area contributed by atoms with Crippen LogP contribution in [0.2, 0.25) is 0 Å². The van der Waals surface area contributed by atoms with Crippen molar-refractivity contribution in [2.24, 2.45) is 5.92 Å². The summed E-state index contributed by atoms with van der Waals surface area (Å²) in [6, 6.07) is 5.21. The molecule has 1 aromatic rings. The lowest BCUT2D eigenvalue weighted by Gasteiger charge is -2.15.